The van der Waals surface area contributed by atoms with E-state index in [2.05, 4.69) is 10.1 Å². The molecule has 2 aromatic rings. The number of esters is 1. The van der Waals surface area contributed by atoms with Crippen LogP contribution in [0.15, 0.2) is 42.5 Å². The van der Waals surface area contributed by atoms with Crippen molar-refractivity contribution in [1.29, 1.82) is 0 Å². The van der Waals surface area contributed by atoms with E-state index in [9.17, 15) is 40.7 Å². The van der Waals surface area contributed by atoms with Gasteiger partial charge in [0, 0.05) is 20.5 Å². The second-order valence-corrected chi connectivity index (χ2v) is 8.35. The van der Waals surface area contributed by atoms with Gasteiger partial charge in [0.15, 0.2) is 0 Å². The summed E-state index contributed by atoms with van der Waals surface area (Å²) in [6.07, 6.45) is -10.2. The summed E-state index contributed by atoms with van der Waals surface area (Å²) in [6.45, 7) is 0.863. The number of rotatable bonds is 9. The molecular weight excluding hydrogens is 522 g/mol. The number of amides is 2. The number of carbonyl (C=O) groups is 3. The normalized spacial score (nSPS) is 13.3. The number of halogens is 6. The predicted molar refractivity (Wildman–Crippen MR) is 123 cm³/mol. The molecule has 7 nitrogen and oxygen atoms in total. The molecule has 0 radical (unpaired) electrons. The molecule has 2 atom stereocenters. The Morgan fingerprint density at radius 1 is 0.947 bits per heavy atom. The molecule has 0 aromatic heterocycles. The van der Waals surface area contributed by atoms with E-state index in [1.807, 2.05) is 0 Å². The van der Waals surface area contributed by atoms with Crippen LogP contribution in [0, 0.1) is 0 Å². The van der Waals surface area contributed by atoms with Crippen LogP contribution in [0.1, 0.15) is 41.5 Å². The fraction of sp³-hybridized carbons (Fsp3) is 0.400. The van der Waals surface area contributed by atoms with Crippen molar-refractivity contribution in [2.24, 2.45) is 0 Å². The van der Waals surface area contributed by atoms with E-state index in [1.54, 1.807) is 0 Å². The van der Waals surface area contributed by atoms with Crippen LogP contribution >= 0.6 is 0 Å². The van der Waals surface area contributed by atoms with Gasteiger partial charge in [-0.15, -0.1) is 0 Å². The summed E-state index contributed by atoms with van der Waals surface area (Å²) in [5.41, 5.74) is -2.89. The standard InChI is InChI=1S/C25H26F6N2O5/c1-14(23(36)37-4)33(3)22(35)20(12-21(34)32-2)16-5-7-19(8-6-16)38-13-15-9-17(24(26,27)28)11-18(10-15)25(29,30)31/h5-11,14,20H,12-13H2,1-4H3,(H,32,34)/t14-,20+/m0/s1. The Balaban J connectivity index is 2.27. The highest BCUT2D eigenvalue weighted by Gasteiger charge is 2.37. The topological polar surface area (TPSA) is 84.9 Å². The number of likely N-dealkylation sites (N-methyl/N-ethyl adjacent to an activating group) is 1. The molecule has 0 aliphatic rings. The zero-order valence-corrected chi connectivity index (χ0v) is 20.9. The second-order valence-electron chi connectivity index (χ2n) is 8.35. The van der Waals surface area contributed by atoms with Gasteiger partial charge in [-0.2, -0.15) is 26.3 Å². The molecule has 0 heterocycles. The van der Waals surface area contributed by atoms with Gasteiger partial charge >= 0.3 is 18.3 Å². The van der Waals surface area contributed by atoms with E-state index >= 15 is 0 Å². The molecule has 13 heteroatoms. The molecule has 38 heavy (non-hydrogen) atoms. The summed E-state index contributed by atoms with van der Waals surface area (Å²) in [6, 6.07) is 5.83. The fourth-order valence-electron chi connectivity index (χ4n) is 3.47. The van der Waals surface area contributed by atoms with Crippen LogP contribution in [0.3, 0.4) is 0 Å². The van der Waals surface area contributed by atoms with Crippen molar-refractivity contribution in [2.75, 3.05) is 21.2 Å². The Kier molecular flexibility index (Phi) is 9.76. The van der Waals surface area contributed by atoms with Gasteiger partial charge in [0.2, 0.25) is 11.8 Å². The third kappa shape index (κ3) is 7.86. The maximum absolute atomic E-state index is 13.1. The molecule has 0 saturated carbocycles. The highest BCUT2D eigenvalue weighted by molar-refractivity contribution is 5.92. The lowest BCUT2D eigenvalue weighted by Gasteiger charge is -2.27. The van der Waals surface area contributed by atoms with E-state index in [-0.39, 0.29) is 23.8 Å². The molecular formula is C25H26F6N2O5. The first-order valence-corrected chi connectivity index (χ1v) is 11.1. The van der Waals surface area contributed by atoms with Crippen molar-refractivity contribution >= 4 is 17.8 Å². The summed E-state index contributed by atoms with van der Waals surface area (Å²) < 4.78 is 88.5. The third-order valence-corrected chi connectivity index (χ3v) is 5.77. The van der Waals surface area contributed by atoms with Crippen molar-refractivity contribution < 1.29 is 50.2 Å². The first-order chi connectivity index (χ1) is 17.6. The van der Waals surface area contributed by atoms with E-state index < -0.39 is 59.8 Å². The SMILES string of the molecule is CNC(=O)C[C@@H](C(=O)N(C)[C@@H](C)C(=O)OC)c1ccc(OCc2cc(C(F)(F)F)cc(C(F)(F)F)c2)cc1. The van der Waals surface area contributed by atoms with Gasteiger partial charge in [-0.3, -0.25) is 9.59 Å². The summed E-state index contributed by atoms with van der Waals surface area (Å²) in [5, 5.41) is 2.42. The average Bonchev–Trinajstić information content (AvgIpc) is 2.87. The number of nitrogens with zero attached hydrogens (tertiary/aromatic N) is 1. The Bertz CT molecular complexity index is 1120. The summed E-state index contributed by atoms with van der Waals surface area (Å²) in [5.74, 6) is -2.57. The lowest BCUT2D eigenvalue weighted by molar-refractivity contribution is -0.151. The first-order valence-electron chi connectivity index (χ1n) is 11.1. The van der Waals surface area contributed by atoms with Gasteiger partial charge in [0.1, 0.15) is 18.4 Å². The minimum absolute atomic E-state index is 0.0278. The lowest BCUT2D eigenvalue weighted by atomic mass is 9.93. The maximum atomic E-state index is 13.1. The third-order valence-electron chi connectivity index (χ3n) is 5.77. The molecule has 2 rings (SSSR count). The summed E-state index contributed by atoms with van der Waals surface area (Å²) in [7, 11) is 3.93. The molecule has 0 spiro atoms. The average molecular weight is 548 g/mol. The van der Waals surface area contributed by atoms with Crippen LogP contribution in [0.25, 0.3) is 0 Å². The monoisotopic (exact) mass is 548 g/mol. The van der Waals surface area contributed by atoms with Crippen molar-refractivity contribution in [3.8, 4) is 5.75 Å². The number of benzene rings is 2. The van der Waals surface area contributed by atoms with Gasteiger partial charge in [-0.1, -0.05) is 12.1 Å². The van der Waals surface area contributed by atoms with Crippen LogP contribution in [-0.2, 0) is 38.1 Å². The summed E-state index contributed by atoms with van der Waals surface area (Å²) >= 11 is 0. The molecule has 2 aromatic carbocycles. The Labute approximate surface area is 214 Å². The number of hydrogen-bond donors (Lipinski definition) is 1. The minimum Gasteiger partial charge on any atom is -0.489 e. The van der Waals surface area contributed by atoms with E-state index in [0.717, 1.165) is 4.90 Å². The van der Waals surface area contributed by atoms with E-state index in [0.29, 0.717) is 17.7 Å². The minimum atomic E-state index is -4.98. The number of ether oxygens (including phenoxy) is 2. The number of hydrogen-bond acceptors (Lipinski definition) is 5. The Hall–Kier alpha value is -3.77. The molecule has 0 unspecified atom stereocenters. The molecule has 0 bridgehead atoms. The van der Waals surface area contributed by atoms with Crippen LogP contribution in [0.2, 0.25) is 0 Å². The molecule has 0 aliphatic heterocycles. The number of methoxy groups -OCH3 is 1. The van der Waals surface area contributed by atoms with Gasteiger partial charge in [0.25, 0.3) is 0 Å². The predicted octanol–water partition coefficient (Wildman–Crippen LogP) is 4.54. The Morgan fingerprint density at radius 3 is 1.92 bits per heavy atom. The zero-order valence-electron chi connectivity index (χ0n) is 20.9. The van der Waals surface area contributed by atoms with Crippen LogP contribution in [-0.4, -0.2) is 49.9 Å². The summed E-state index contributed by atoms with van der Waals surface area (Å²) in [4.78, 5) is 38.1. The van der Waals surface area contributed by atoms with Crippen LogP contribution in [0.5, 0.6) is 5.75 Å². The smallest absolute Gasteiger partial charge is 0.416 e. The van der Waals surface area contributed by atoms with Gasteiger partial charge in [-0.05, 0) is 48.4 Å². The first kappa shape index (κ1) is 30.5. The number of carbonyl (C=O) groups excluding carboxylic acids is 3. The van der Waals surface area contributed by atoms with E-state index in [4.69, 9.17) is 4.74 Å². The van der Waals surface area contributed by atoms with Crippen molar-refractivity contribution in [3.05, 3.63) is 64.7 Å². The van der Waals surface area contributed by atoms with Crippen LogP contribution in [0.4, 0.5) is 26.3 Å². The fourth-order valence-corrected chi connectivity index (χ4v) is 3.47. The number of nitrogens with one attached hydrogen (secondary N) is 1. The van der Waals surface area contributed by atoms with E-state index in [1.165, 1.54) is 52.4 Å². The molecule has 208 valence electrons. The van der Waals surface area contributed by atoms with Crippen molar-refractivity contribution in [3.63, 3.8) is 0 Å². The van der Waals surface area contributed by atoms with Crippen molar-refractivity contribution in [2.45, 2.75) is 44.3 Å². The van der Waals surface area contributed by atoms with Gasteiger partial charge in [0.05, 0.1) is 24.2 Å². The molecule has 0 saturated heterocycles. The molecule has 2 amide bonds. The van der Waals surface area contributed by atoms with Crippen molar-refractivity contribution in [1.82, 2.24) is 10.2 Å². The Morgan fingerprint density at radius 2 is 1.47 bits per heavy atom. The quantitative estimate of drug-likeness (QED) is 0.368. The lowest BCUT2D eigenvalue weighted by Crippen LogP contribution is -2.44. The molecule has 1 N–H and O–H groups in total. The zero-order chi connectivity index (χ0) is 28.8. The highest BCUT2D eigenvalue weighted by atomic mass is 19.4. The maximum Gasteiger partial charge on any atom is 0.416 e. The van der Waals surface area contributed by atoms with Gasteiger partial charge < -0.3 is 19.7 Å². The largest absolute Gasteiger partial charge is 0.489 e. The molecule has 0 fully saturated rings. The van der Waals surface area contributed by atoms with Crippen LogP contribution < -0.4 is 10.1 Å². The second kappa shape index (κ2) is 12.2. The number of alkyl halides is 6. The highest BCUT2D eigenvalue weighted by Crippen LogP contribution is 2.36. The molecule has 0 aliphatic carbocycles. The van der Waals surface area contributed by atoms with Gasteiger partial charge in [-0.25, -0.2) is 4.79 Å².